The van der Waals surface area contributed by atoms with E-state index in [1.165, 1.54) is 18.2 Å². The topological polar surface area (TPSA) is 35.5 Å². The Bertz CT molecular complexity index is 519. The van der Waals surface area contributed by atoms with Crippen LogP contribution in [0.25, 0.3) is 0 Å². The van der Waals surface area contributed by atoms with Gasteiger partial charge in [0.1, 0.15) is 11.9 Å². The summed E-state index contributed by atoms with van der Waals surface area (Å²) in [6.45, 7) is 0. The van der Waals surface area contributed by atoms with Crippen molar-refractivity contribution < 1.29 is 14.3 Å². The molecule has 0 bridgehead atoms. The average molecular weight is 258 g/mol. The number of fused-ring (bicyclic) bond motifs is 3. The summed E-state index contributed by atoms with van der Waals surface area (Å²) in [6, 6.07) is 6.36. The average Bonchev–Trinajstić information content (AvgIpc) is 2.99. The first-order chi connectivity index (χ1) is 9.29. The van der Waals surface area contributed by atoms with Gasteiger partial charge in [0.25, 0.3) is 0 Å². The van der Waals surface area contributed by atoms with Crippen molar-refractivity contribution in [3.05, 3.63) is 41.5 Å². The molecule has 3 nitrogen and oxygen atoms in total. The van der Waals surface area contributed by atoms with Gasteiger partial charge in [-0.2, -0.15) is 0 Å². The lowest BCUT2D eigenvalue weighted by atomic mass is 9.94. The van der Waals surface area contributed by atoms with Crippen LogP contribution in [-0.4, -0.2) is 19.2 Å². The van der Waals surface area contributed by atoms with Crippen molar-refractivity contribution in [2.45, 2.75) is 37.7 Å². The fourth-order valence-electron chi connectivity index (χ4n) is 2.95. The van der Waals surface area contributed by atoms with Crippen LogP contribution in [0.2, 0.25) is 0 Å². The summed E-state index contributed by atoms with van der Waals surface area (Å²) in [7, 11) is 1.43. The van der Waals surface area contributed by atoms with Gasteiger partial charge in [0, 0.05) is 17.9 Å². The summed E-state index contributed by atoms with van der Waals surface area (Å²) >= 11 is 0. The summed E-state index contributed by atoms with van der Waals surface area (Å²) in [5.41, 5.74) is 2.54. The molecule has 0 saturated heterocycles. The third kappa shape index (κ3) is 2.25. The van der Waals surface area contributed by atoms with Gasteiger partial charge in [0.05, 0.1) is 7.11 Å². The maximum absolute atomic E-state index is 11.1. The van der Waals surface area contributed by atoms with Gasteiger partial charge in [-0.25, -0.2) is 0 Å². The molecule has 1 aliphatic carbocycles. The predicted molar refractivity (Wildman–Crippen MR) is 72.3 cm³/mol. The molecule has 2 aliphatic rings. The van der Waals surface area contributed by atoms with Crippen LogP contribution in [0.4, 0.5) is 0 Å². The predicted octanol–water partition coefficient (Wildman–Crippen LogP) is 2.99. The Kier molecular flexibility index (Phi) is 3.28. The van der Waals surface area contributed by atoms with Crippen molar-refractivity contribution in [2.75, 3.05) is 7.11 Å². The number of hydrogen-bond acceptors (Lipinski definition) is 3. The molecule has 1 aliphatic heterocycles. The highest BCUT2D eigenvalue weighted by molar-refractivity contribution is 5.69. The summed E-state index contributed by atoms with van der Waals surface area (Å²) in [5, 5.41) is 0. The van der Waals surface area contributed by atoms with Gasteiger partial charge >= 0.3 is 5.97 Å². The van der Waals surface area contributed by atoms with Gasteiger partial charge in [-0.3, -0.25) is 4.79 Å². The Balaban J connectivity index is 1.71. The lowest BCUT2D eigenvalue weighted by Gasteiger charge is -2.09. The molecule has 100 valence electrons. The number of carbonyl (C=O) groups is 1. The Morgan fingerprint density at radius 2 is 2.37 bits per heavy atom. The zero-order valence-electron chi connectivity index (χ0n) is 11.1. The molecular formula is C16H18O3. The molecule has 2 atom stereocenters. The second kappa shape index (κ2) is 5.08. The van der Waals surface area contributed by atoms with Gasteiger partial charge in [-0.15, -0.1) is 0 Å². The fourth-order valence-corrected chi connectivity index (χ4v) is 2.95. The third-order valence-corrected chi connectivity index (χ3v) is 3.95. The number of benzene rings is 1. The van der Waals surface area contributed by atoms with E-state index in [9.17, 15) is 4.79 Å². The van der Waals surface area contributed by atoms with Crippen molar-refractivity contribution in [1.82, 2.24) is 0 Å². The summed E-state index contributed by atoms with van der Waals surface area (Å²) in [5.74, 6) is 1.40. The minimum Gasteiger partial charge on any atom is -0.485 e. The first kappa shape index (κ1) is 12.3. The van der Waals surface area contributed by atoms with Crippen LogP contribution in [0.1, 0.15) is 36.3 Å². The highest BCUT2D eigenvalue weighted by atomic mass is 16.5. The van der Waals surface area contributed by atoms with Crippen molar-refractivity contribution in [1.29, 1.82) is 0 Å². The number of rotatable bonds is 4. The van der Waals surface area contributed by atoms with E-state index in [1.54, 1.807) is 0 Å². The third-order valence-electron chi connectivity index (χ3n) is 3.95. The van der Waals surface area contributed by atoms with Crippen molar-refractivity contribution in [3.8, 4) is 5.75 Å². The van der Waals surface area contributed by atoms with E-state index >= 15 is 0 Å². The number of hydrogen-bond donors (Lipinski definition) is 0. The second-order valence-electron chi connectivity index (χ2n) is 5.12. The molecule has 0 fully saturated rings. The number of carbonyl (C=O) groups excluding carboxylic acids is 1. The molecule has 3 heteroatoms. The van der Waals surface area contributed by atoms with E-state index in [1.807, 2.05) is 0 Å². The summed E-state index contributed by atoms with van der Waals surface area (Å²) in [6.07, 6.45) is 7.78. The number of aryl methyl sites for hydroxylation is 1. The number of allylic oxidation sites excluding steroid dienone is 1. The molecule has 0 spiro atoms. The smallest absolute Gasteiger partial charge is 0.305 e. The molecule has 0 N–H and O–H groups in total. The zero-order chi connectivity index (χ0) is 13.2. The number of esters is 1. The minimum absolute atomic E-state index is 0.145. The highest BCUT2D eigenvalue weighted by Gasteiger charge is 2.35. The van der Waals surface area contributed by atoms with Crippen LogP contribution < -0.4 is 4.74 Å². The maximum atomic E-state index is 11.1. The Hall–Kier alpha value is -1.77. The van der Waals surface area contributed by atoms with Crippen LogP contribution >= 0.6 is 0 Å². The lowest BCUT2D eigenvalue weighted by Crippen LogP contribution is -2.10. The Morgan fingerprint density at radius 3 is 3.21 bits per heavy atom. The summed E-state index contributed by atoms with van der Waals surface area (Å²) in [4.78, 5) is 11.1. The maximum Gasteiger partial charge on any atom is 0.305 e. The Labute approximate surface area is 113 Å². The van der Waals surface area contributed by atoms with Crippen LogP contribution in [-0.2, 0) is 16.0 Å². The monoisotopic (exact) mass is 258 g/mol. The molecule has 19 heavy (non-hydrogen) atoms. The molecule has 0 amide bonds. The molecular weight excluding hydrogens is 240 g/mol. The van der Waals surface area contributed by atoms with E-state index in [0.29, 0.717) is 12.3 Å². The highest BCUT2D eigenvalue weighted by Crippen LogP contribution is 2.45. The van der Waals surface area contributed by atoms with E-state index in [4.69, 9.17) is 4.74 Å². The molecule has 1 aromatic carbocycles. The van der Waals surface area contributed by atoms with Crippen LogP contribution in [0.5, 0.6) is 5.75 Å². The van der Waals surface area contributed by atoms with E-state index in [-0.39, 0.29) is 12.1 Å². The number of methoxy groups -OCH3 is 1. The molecule has 3 rings (SSSR count). The standard InChI is InChI=1S/C16H18O3/c1-18-15(17)10-3-6-11-5-2-8-13-12-7-4-9-14(12)19-16(11)13/h2,4-5,8-9,12,14H,3,6-7,10H2,1H3. The van der Waals surface area contributed by atoms with E-state index in [0.717, 1.165) is 25.0 Å². The van der Waals surface area contributed by atoms with Crippen LogP contribution in [0.15, 0.2) is 30.4 Å². The molecule has 0 saturated carbocycles. The molecule has 0 aromatic heterocycles. The van der Waals surface area contributed by atoms with Gasteiger partial charge < -0.3 is 9.47 Å². The first-order valence-corrected chi connectivity index (χ1v) is 6.81. The normalized spacial score (nSPS) is 22.8. The number of ether oxygens (including phenoxy) is 2. The van der Waals surface area contributed by atoms with E-state index in [2.05, 4.69) is 35.1 Å². The number of para-hydroxylation sites is 1. The molecule has 0 radical (unpaired) electrons. The zero-order valence-corrected chi connectivity index (χ0v) is 11.1. The minimum atomic E-state index is -0.145. The molecule has 1 aromatic rings. The SMILES string of the molecule is COC(=O)CCCc1cccc2c1OC1C=CCC21. The second-order valence-corrected chi connectivity index (χ2v) is 5.12. The van der Waals surface area contributed by atoms with E-state index < -0.39 is 0 Å². The van der Waals surface area contributed by atoms with Gasteiger partial charge in [0.15, 0.2) is 0 Å². The van der Waals surface area contributed by atoms with Crippen LogP contribution in [0, 0.1) is 0 Å². The molecule has 2 unspecified atom stereocenters. The first-order valence-electron chi connectivity index (χ1n) is 6.81. The van der Waals surface area contributed by atoms with Crippen molar-refractivity contribution in [3.63, 3.8) is 0 Å². The van der Waals surface area contributed by atoms with Crippen LogP contribution in [0.3, 0.4) is 0 Å². The fraction of sp³-hybridized carbons (Fsp3) is 0.438. The largest absolute Gasteiger partial charge is 0.485 e. The van der Waals surface area contributed by atoms with Crippen molar-refractivity contribution >= 4 is 5.97 Å². The lowest BCUT2D eigenvalue weighted by molar-refractivity contribution is -0.140. The van der Waals surface area contributed by atoms with Gasteiger partial charge in [-0.1, -0.05) is 24.3 Å². The quantitative estimate of drug-likeness (QED) is 0.615. The summed E-state index contributed by atoms with van der Waals surface area (Å²) < 4.78 is 10.7. The van der Waals surface area contributed by atoms with Gasteiger partial charge in [-0.05, 0) is 30.9 Å². The Morgan fingerprint density at radius 1 is 1.47 bits per heavy atom. The van der Waals surface area contributed by atoms with Gasteiger partial charge in [0.2, 0.25) is 0 Å². The van der Waals surface area contributed by atoms with Crippen molar-refractivity contribution in [2.24, 2.45) is 0 Å². The molecule has 1 heterocycles.